The summed E-state index contributed by atoms with van der Waals surface area (Å²) in [5.74, 6) is -0.326. The van der Waals surface area contributed by atoms with Gasteiger partial charge >= 0.3 is 0 Å². The Kier molecular flexibility index (Phi) is 3.62. The minimum atomic E-state index is -0.402. The second-order valence-electron chi connectivity index (χ2n) is 3.96. The van der Waals surface area contributed by atoms with E-state index < -0.39 is 5.91 Å². The van der Waals surface area contributed by atoms with Gasteiger partial charge in [0.05, 0.1) is 5.02 Å². The van der Waals surface area contributed by atoms with Crippen LogP contribution in [0.2, 0.25) is 10.0 Å². The smallest absolute Gasteiger partial charge is 0.270 e. The summed E-state index contributed by atoms with van der Waals surface area (Å²) < 4.78 is 0.834. The quantitative estimate of drug-likeness (QED) is 0.791. The molecule has 0 aliphatic heterocycles. The van der Waals surface area contributed by atoms with Crippen LogP contribution in [0.3, 0.4) is 0 Å². The molecule has 106 valence electrons. The summed E-state index contributed by atoms with van der Waals surface area (Å²) in [6.07, 6.45) is 1.36. The van der Waals surface area contributed by atoms with Crippen LogP contribution in [0.4, 0.5) is 5.95 Å². The van der Waals surface area contributed by atoms with E-state index in [1.54, 1.807) is 18.2 Å². The normalized spacial score (nSPS) is 10.8. The number of carbonyl (C=O) groups is 1. The summed E-state index contributed by atoms with van der Waals surface area (Å²) >= 11 is 13.4. The third kappa shape index (κ3) is 2.63. The third-order valence-electron chi connectivity index (χ3n) is 2.61. The number of tetrazole rings is 1. The van der Waals surface area contributed by atoms with Gasteiger partial charge in [-0.05, 0) is 17.3 Å². The van der Waals surface area contributed by atoms with Crippen molar-refractivity contribution in [1.29, 1.82) is 0 Å². The summed E-state index contributed by atoms with van der Waals surface area (Å²) in [7, 11) is 0. The second-order valence-corrected chi connectivity index (χ2v) is 5.82. The number of nitrogens with zero attached hydrogens (tertiary/aromatic N) is 4. The molecule has 0 bridgehead atoms. The van der Waals surface area contributed by atoms with Crippen LogP contribution in [-0.4, -0.2) is 26.1 Å². The van der Waals surface area contributed by atoms with Crippen LogP contribution in [0.5, 0.6) is 0 Å². The van der Waals surface area contributed by atoms with E-state index in [1.165, 1.54) is 17.5 Å². The van der Waals surface area contributed by atoms with Gasteiger partial charge in [-0.25, -0.2) is 0 Å². The number of carbonyl (C=O) groups excluding carboxylic acids is 1. The molecule has 9 heteroatoms. The number of anilines is 1. The van der Waals surface area contributed by atoms with Gasteiger partial charge in [0.25, 0.3) is 11.9 Å². The molecule has 21 heavy (non-hydrogen) atoms. The van der Waals surface area contributed by atoms with E-state index >= 15 is 0 Å². The van der Waals surface area contributed by atoms with Crippen molar-refractivity contribution >= 4 is 62.7 Å². The molecular formula is C12H7Cl2N5OS. The van der Waals surface area contributed by atoms with Crippen LogP contribution in [0, 0.1) is 0 Å². The highest BCUT2D eigenvalue weighted by atomic mass is 35.5. The number of amides is 1. The maximum atomic E-state index is 12.2. The highest BCUT2D eigenvalue weighted by Gasteiger charge is 2.18. The van der Waals surface area contributed by atoms with E-state index in [1.807, 2.05) is 0 Å². The number of halogens is 2. The lowest BCUT2D eigenvalue weighted by Gasteiger charge is -1.97. The van der Waals surface area contributed by atoms with Gasteiger partial charge in [0, 0.05) is 21.3 Å². The molecule has 0 fully saturated rings. The molecule has 0 saturated carbocycles. The first kappa shape index (κ1) is 14.0. The molecule has 0 spiro atoms. The lowest BCUT2D eigenvalue weighted by molar-refractivity contribution is 0.103. The molecule has 3 rings (SSSR count). The van der Waals surface area contributed by atoms with Crippen LogP contribution >= 0.6 is 34.5 Å². The summed E-state index contributed by atoms with van der Waals surface area (Å²) in [5.41, 5.74) is 0. The number of hydrogen-bond acceptors (Lipinski definition) is 5. The summed E-state index contributed by atoms with van der Waals surface area (Å²) in [6, 6.07) is 5.26. The standard InChI is InChI=1S/C12H7Cl2N5OS/c1-2-19-17-12(16-18-19)15-11(20)10-9(14)7-4-3-6(13)5-8(7)21-10/h2-5H,1H2,(H,15,17,20). The van der Waals surface area contributed by atoms with E-state index in [-0.39, 0.29) is 5.95 Å². The summed E-state index contributed by atoms with van der Waals surface area (Å²) in [5, 5.41) is 15.5. The van der Waals surface area contributed by atoms with Gasteiger partial charge in [0.2, 0.25) is 0 Å². The predicted molar refractivity (Wildman–Crippen MR) is 84.0 cm³/mol. The average molecular weight is 340 g/mol. The van der Waals surface area contributed by atoms with Crippen molar-refractivity contribution in [3.8, 4) is 0 Å². The first-order valence-electron chi connectivity index (χ1n) is 5.69. The molecule has 0 saturated heterocycles. The molecule has 0 unspecified atom stereocenters. The molecule has 0 aliphatic carbocycles. The minimum absolute atomic E-state index is 0.0754. The number of fused-ring (bicyclic) bond motifs is 1. The van der Waals surface area contributed by atoms with Crippen LogP contribution in [-0.2, 0) is 0 Å². The Labute approximate surface area is 133 Å². The summed E-state index contributed by atoms with van der Waals surface area (Å²) in [4.78, 5) is 13.7. The number of rotatable bonds is 3. The second kappa shape index (κ2) is 5.44. The van der Waals surface area contributed by atoms with Crippen molar-refractivity contribution in [2.75, 3.05) is 5.32 Å². The van der Waals surface area contributed by atoms with E-state index in [9.17, 15) is 4.79 Å². The Balaban J connectivity index is 1.94. The van der Waals surface area contributed by atoms with Crippen LogP contribution in [0.15, 0.2) is 24.8 Å². The highest BCUT2D eigenvalue weighted by Crippen LogP contribution is 2.36. The van der Waals surface area contributed by atoms with Gasteiger partial charge in [0.15, 0.2) is 0 Å². The fourth-order valence-electron chi connectivity index (χ4n) is 1.70. The largest absolute Gasteiger partial charge is 0.287 e. The average Bonchev–Trinajstić information content (AvgIpc) is 3.03. The van der Waals surface area contributed by atoms with E-state index in [2.05, 4.69) is 27.3 Å². The predicted octanol–water partition coefficient (Wildman–Crippen LogP) is 3.55. The SMILES string of the molecule is C=Cn1nnc(NC(=O)c2sc3cc(Cl)ccc3c2Cl)n1. The molecule has 1 amide bonds. The third-order valence-corrected chi connectivity index (χ3v) is 4.51. The van der Waals surface area contributed by atoms with Crippen LogP contribution < -0.4 is 5.32 Å². The number of nitrogens with one attached hydrogen (secondary N) is 1. The minimum Gasteiger partial charge on any atom is -0.287 e. The van der Waals surface area contributed by atoms with Crippen molar-refractivity contribution in [3.05, 3.63) is 39.7 Å². The zero-order valence-electron chi connectivity index (χ0n) is 10.4. The van der Waals surface area contributed by atoms with Gasteiger partial charge < -0.3 is 0 Å². The molecule has 1 N–H and O–H groups in total. The van der Waals surface area contributed by atoms with Gasteiger partial charge in [0.1, 0.15) is 4.88 Å². The van der Waals surface area contributed by atoms with Gasteiger partial charge in [-0.3, -0.25) is 10.1 Å². The number of aromatic nitrogens is 4. The molecule has 6 nitrogen and oxygen atoms in total. The van der Waals surface area contributed by atoms with Crippen molar-refractivity contribution < 1.29 is 4.79 Å². The fourth-order valence-corrected chi connectivity index (χ4v) is 3.38. The van der Waals surface area contributed by atoms with E-state index in [0.717, 1.165) is 14.9 Å². The van der Waals surface area contributed by atoms with Crippen molar-refractivity contribution in [2.45, 2.75) is 0 Å². The molecule has 0 atom stereocenters. The molecular weight excluding hydrogens is 333 g/mol. The topological polar surface area (TPSA) is 72.7 Å². The fraction of sp³-hybridized carbons (Fsp3) is 0. The number of hydrogen-bond donors (Lipinski definition) is 1. The molecule has 2 heterocycles. The molecule has 3 aromatic rings. The Bertz CT molecular complexity index is 857. The summed E-state index contributed by atoms with van der Waals surface area (Å²) in [6.45, 7) is 3.49. The van der Waals surface area contributed by atoms with Gasteiger partial charge in [-0.1, -0.05) is 40.9 Å². The lowest BCUT2D eigenvalue weighted by atomic mass is 10.2. The number of thiophene rings is 1. The zero-order valence-corrected chi connectivity index (χ0v) is 12.7. The molecule has 0 aliphatic rings. The Morgan fingerprint density at radius 1 is 1.43 bits per heavy atom. The maximum absolute atomic E-state index is 12.2. The van der Waals surface area contributed by atoms with Gasteiger partial charge in [-0.2, -0.15) is 0 Å². The lowest BCUT2D eigenvalue weighted by Crippen LogP contribution is -2.12. The zero-order chi connectivity index (χ0) is 15.0. The van der Waals surface area contributed by atoms with Crippen molar-refractivity contribution in [1.82, 2.24) is 20.2 Å². The van der Waals surface area contributed by atoms with Crippen LogP contribution in [0.1, 0.15) is 9.67 Å². The van der Waals surface area contributed by atoms with E-state index in [0.29, 0.717) is 14.9 Å². The molecule has 0 radical (unpaired) electrons. The van der Waals surface area contributed by atoms with Gasteiger partial charge in [-0.15, -0.1) is 21.2 Å². The maximum Gasteiger partial charge on any atom is 0.270 e. The van der Waals surface area contributed by atoms with Crippen molar-refractivity contribution in [3.63, 3.8) is 0 Å². The molecule has 2 aromatic heterocycles. The monoisotopic (exact) mass is 339 g/mol. The Hall–Kier alpha value is -1.96. The Morgan fingerprint density at radius 2 is 2.24 bits per heavy atom. The van der Waals surface area contributed by atoms with Crippen molar-refractivity contribution in [2.24, 2.45) is 0 Å². The van der Waals surface area contributed by atoms with E-state index in [4.69, 9.17) is 23.2 Å². The highest BCUT2D eigenvalue weighted by molar-refractivity contribution is 7.21. The van der Waals surface area contributed by atoms with Crippen LogP contribution in [0.25, 0.3) is 16.3 Å². The first-order chi connectivity index (χ1) is 10.1. The first-order valence-corrected chi connectivity index (χ1v) is 7.26. The number of benzene rings is 1. The Morgan fingerprint density at radius 3 is 2.95 bits per heavy atom. The molecule has 1 aromatic carbocycles.